The molecule has 1 N–H and O–H groups in total. The van der Waals surface area contributed by atoms with Crippen LogP contribution in [-0.2, 0) is 4.74 Å². The van der Waals surface area contributed by atoms with Crippen LogP contribution in [0.15, 0.2) is 12.2 Å². The average molecular weight is 214 g/mol. The summed E-state index contributed by atoms with van der Waals surface area (Å²) < 4.78 is 5.62. The van der Waals surface area contributed by atoms with Gasteiger partial charge < -0.3 is 9.84 Å². The van der Waals surface area contributed by atoms with Crippen LogP contribution in [0.2, 0.25) is 0 Å². The summed E-state index contributed by atoms with van der Waals surface area (Å²) in [5.41, 5.74) is 1.04. The van der Waals surface area contributed by atoms with Gasteiger partial charge in [-0.1, -0.05) is 39.8 Å². The molecule has 0 radical (unpaired) electrons. The molecule has 0 fully saturated rings. The van der Waals surface area contributed by atoms with Crippen LogP contribution in [-0.4, -0.2) is 23.9 Å². The zero-order valence-electron chi connectivity index (χ0n) is 10.8. The molecule has 0 aliphatic rings. The summed E-state index contributed by atoms with van der Waals surface area (Å²) >= 11 is 0. The van der Waals surface area contributed by atoms with Crippen molar-refractivity contribution in [2.24, 2.45) is 5.41 Å². The summed E-state index contributed by atoms with van der Waals surface area (Å²) in [6.07, 6.45) is 0.988. The van der Waals surface area contributed by atoms with E-state index in [2.05, 4.69) is 34.3 Å². The molecule has 0 spiro atoms. The molecule has 0 saturated heterocycles. The van der Waals surface area contributed by atoms with E-state index in [0.717, 1.165) is 12.0 Å². The highest BCUT2D eigenvalue weighted by atomic mass is 16.5. The summed E-state index contributed by atoms with van der Waals surface area (Å²) in [4.78, 5) is 0. The topological polar surface area (TPSA) is 29.5 Å². The fourth-order valence-electron chi connectivity index (χ4n) is 1.66. The number of aliphatic hydroxyl groups is 1. The smallest absolute Gasteiger partial charge is 0.0884 e. The Morgan fingerprint density at radius 1 is 1.33 bits per heavy atom. The monoisotopic (exact) mass is 214 g/mol. The molecule has 0 bridgehead atoms. The highest BCUT2D eigenvalue weighted by molar-refractivity contribution is 4.98. The molecule has 0 aromatic heterocycles. The molecule has 0 rings (SSSR count). The summed E-state index contributed by atoms with van der Waals surface area (Å²) in [6.45, 7) is 14.8. The van der Waals surface area contributed by atoms with E-state index >= 15 is 0 Å². The van der Waals surface area contributed by atoms with Crippen LogP contribution in [0.1, 0.15) is 47.5 Å². The van der Waals surface area contributed by atoms with Gasteiger partial charge in [0.1, 0.15) is 0 Å². The third-order valence-electron chi connectivity index (χ3n) is 2.55. The number of aliphatic hydroxyl groups excluding tert-OH is 1. The van der Waals surface area contributed by atoms with Crippen LogP contribution in [0.4, 0.5) is 0 Å². The van der Waals surface area contributed by atoms with E-state index in [0.29, 0.717) is 13.0 Å². The highest BCUT2D eigenvalue weighted by Gasteiger charge is 2.31. The van der Waals surface area contributed by atoms with E-state index in [9.17, 15) is 5.11 Å². The van der Waals surface area contributed by atoms with Gasteiger partial charge in [-0.25, -0.2) is 0 Å². The van der Waals surface area contributed by atoms with E-state index in [-0.39, 0.29) is 11.5 Å². The molecule has 0 saturated carbocycles. The Morgan fingerprint density at radius 2 is 1.87 bits per heavy atom. The lowest BCUT2D eigenvalue weighted by Gasteiger charge is -2.34. The van der Waals surface area contributed by atoms with Gasteiger partial charge in [-0.2, -0.15) is 0 Å². The van der Waals surface area contributed by atoms with Crippen molar-refractivity contribution >= 4 is 0 Å². The number of hydrogen-bond donors (Lipinski definition) is 1. The van der Waals surface area contributed by atoms with E-state index in [4.69, 9.17) is 4.74 Å². The van der Waals surface area contributed by atoms with Crippen LogP contribution in [0, 0.1) is 5.41 Å². The molecule has 0 aliphatic heterocycles. The molecule has 2 nitrogen and oxygen atoms in total. The van der Waals surface area contributed by atoms with Gasteiger partial charge in [0.2, 0.25) is 0 Å². The summed E-state index contributed by atoms with van der Waals surface area (Å²) in [7, 11) is 0. The van der Waals surface area contributed by atoms with Gasteiger partial charge in [-0.05, 0) is 25.2 Å². The van der Waals surface area contributed by atoms with Crippen molar-refractivity contribution in [3.63, 3.8) is 0 Å². The van der Waals surface area contributed by atoms with Crippen molar-refractivity contribution in [1.82, 2.24) is 0 Å². The fraction of sp³-hybridized carbons (Fsp3) is 0.846. The van der Waals surface area contributed by atoms with Crippen LogP contribution in [0.5, 0.6) is 0 Å². The molecule has 0 aliphatic carbocycles. The minimum Gasteiger partial charge on any atom is -0.390 e. The maximum Gasteiger partial charge on any atom is 0.0884 e. The van der Waals surface area contributed by atoms with Crippen molar-refractivity contribution in [2.75, 3.05) is 6.61 Å². The Kier molecular flexibility index (Phi) is 6.15. The van der Waals surface area contributed by atoms with E-state index in [1.165, 1.54) is 0 Å². The molecule has 15 heavy (non-hydrogen) atoms. The molecule has 2 atom stereocenters. The second kappa shape index (κ2) is 6.29. The van der Waals surface area contributed by atoms with Gasteiger partial charge in [-0.15, -0.1) is 0 Å². The Morgan fingerprint density at radius 3 is 2.20 bits per heavy atom. The van der Waals surface area contributed by atoms with E-state index in [1.54, 1.807) is 0 Å². The number of rotatable bonds is 6. The normalized spacial score (nSPS) is 16.1. The molecule has 2 unspecified atom stereocenters. The molecular weight excluding hydrogens is 188 g/mol. The second-order valence-corrected chi connectivity index (χ2v) is 5.12. The first-order valence-corrected chi connectivity index (χ1v) is 5.79. The Hall–Kier alpha value is -0.340. The highest BCUT2D eigenvalue weighted by Crippen LogP contribution is 2.27. The van der Waals surface area contributed by atoms with Gasteiger partial charge in [0, 0.05) is 6.61 Å². The van der Waals surface area contributed by atoms with Gasteiger partial charge in [-0.3, -0.25) is 0 Å². The van der Waals surface area contributed by atoms with Crippen molar-refractivity contribution < 1.29 is 9.84 Å². The third kappa shape index (κ3) is 5.33. The van der Waals surface area contributed by atoms with E-state index in [1.807, 2.05) is 6.92 Å². The lowest BCUT2D eigenvalue weighted by Crippen LogP contribution is -2.40. The number of hydrogen-bond acceptors (Lipinski definition) is 2. The molecule has 0 heterocycles. The predicted octanol–water partition coefficient (Wildman–Crippen LogP) is 3.15. The summed E-state index contributed by atoms with van der Waals surface area (Å²) in [5, 5.41) is 10.1. The predicted molar refractivity (Wildman–Crippen MR) is 64.9 cm³/mol. The van der Waals surface area contributed by atoms with Gasteiger partial charge in [0.05, 0.1) is 12.2 Å². The van der Waals surface area contributed by atoms with Crippen molar-refractivity contribution in [1.29, 1.82) is 0 Å². The minimum atomic E-state index is -0.447. The van der Waals surface area contributed by atoms with Gasteiger partial charge in [0.15, 0.2) is 0 Å². The summed E-state index contributed by atoms with van der Waals surface area (Å²) in [6, 6.07) is 0. The van der Waals surface area contributed by atoms with Crippen LogP contribution in [0.25, 0.3) is 0 Å². The standard InChI is InChI=1S/C13H26O2/c1-7-10(3)9-11(14)12(15-8-2)13(4,5)6/h11-12,14H,3,7-9H2,1-2,4-6H3. The zero-order valence-corrected chi connectivity index (χ0v) is 10.8. The average Bonchev–Trinajstić information content (AvgIpc) is 2.11. The number of ether oxygens (including phenoxy) is 1. The van der Waals surface area contributed by atoms with E-state index < -0.39 is 6.10 Å². The summed E-state index contributed by atoms with van der Waals surface area (Å²) in [5.74, 6) is 0. The van der Waals surface area contributed by atoms with Crippen molar-refractivity contribution in [3.8, 4) is 0 Å². The van der Waals surface area contributed by atoms with Gasteiger partial charge in [0.25, 0.3) is 0 Å². The Balaban J connectivity index is 4.42. The third-order valence-corrected chi connectivity index (χ3v) is 2.55. The lowest BCUT2D eigenvalue weighted by molar-refractivity contribution is -0.0874. The fourth-order valence-corrected chi connectivity index (χ4v) is 1.66. The lowest BCUT2D eigenvalue weighted by atomic mass is 9.83. The Labute approximate surface area is 94.3 Å². The molecular formula is C13H26O2. The first-order valence-electron chi connectivity index (χ1n) is 5.79. The molecule has 0 aromatic rings. The van der Waals surface area contributed by atoms with Crippen LogP contribution >= 0.6 is 0 Å². The van der Waals surface area contributed by atoms with Crippen molar-refractivity contribution in [2.45, 2.75) is 59.7 Å². The molecule has 2 heteroatoms. The molecule has 90 valence electrons. The maximum atomic E-state index is 10.1. The largest absolute Gasteiger partial charge is 0.390 e. The van der Waals surface area contributed by atoms with Crippen LogP contribution < -0.4 is 0 Å². The molecule has 0 aromatic carbocycles. The first-order chi connectivity index (χ1) is 6.82. The quantitative estimate of drug-likeness (QED) is 0.688. The second-order valence-electron chi connectivity index (χ2n) is 5.12. The first kappa shape index (κ1) is 14.7. The molecule has 0 amide bonds. The van der Waals surface area contributed by atoms with Crippen molar-refractivity contribution in [3.05, 3.63) is 12.2 Å². The SMILES string of the molecule is C=C(CC)CC(O)C(OCC)C(C)(C)C. The van der Waals surface area contributed by atoms with Gasteiger partial charge >= 0.3 is 0 Å². The Bertz CT molecular complexity index is 191. The zero-order chi connectivity index (χ0) is 12.1. The maximum absolute atomic E-state index is 10.1. The minimum absolute atomic E-state index is 0.0382. The van der Waals surface area contributed by atoms with Crippen LogP contribution in [0.3, 0.4) is 0 Å².